The van der Waals surface area contributed by atoms with Crippen LogP contribution in [0.3, 0.4) is 0 Å². The Morgan fingerprint density at radius 2 is 0.486 bits per heavy atom. The minimum absolute atomic E-state index is 0.000218. The zero-order valence-corrected chi connectivity index (χ0v) is 84.1. The van der Waals surface area contributed by atoms with Crippen molar-refractivity contribution in [3.05, 3.63) is 310 Å². The molecule has 25 nitrogen and oxygen atoms in total. The van der Waals surface area contributed by atoms with Gasteiger partial charge in [0.25, 0.3) is 0 Å². The number of fused-ring (bicyclic) bond motifs is 5. The molecule has 5 amide bonds. The van der Waals surface area contributed by atoms with Crippen molar-refractivity contribution >= 4 is 54.7 Å². The summed E-state index contributed by atoms with van der Waals surface area (Å²) in [6, 6.07) is 83.9. The van der Waals surface area contributed by atoms with Gasteiger partial charge in [0, 0.05) is 65.4 Å². The standard InChI is InChI=1S/2C26H33BN2O3.3C21H24N2O3/c2*1-25(2)26(3,4)32-27(31-25)21-15-13-20(14-16-21)23-28-17-9-8-12-22(28)24(30)29(23)18-19-10-6-5-7-11-19;1-26-19-11-10-16(13-18(19)24)20-22-12-6-5-9-17(22)21(25)23(20)14-15-7-3-2-4-8-15;2*1-26-19-13-16(10-11-18(19)24)20-22-12-6-5-9-17(22)21(25)23(20)14-15-7-3-2-4-8-15/h2*5-7,10-11,13-16,22-23H,8-9,12,17-18H2,1-4H3;3*2-4,7-8,10-11,13,17,20,24H,5-6,9,12,14H2,1H3/t2*22?,23-;3*17?,20-/m10010/s1. The fourth-order valence-corrected chi connectivity index (χ4v) is 22.8. The highest BCUT2D eigenvalue weighted by Crippen LogP contribution is 2.49. The number of nitrogens with zero attached hydrogens (tertiary/aromatic N) is 10. The quantitative estimate of drug-likeness (QED) is 0.0601. The number of ether oxygens (including phenoxy) is 3. The third-order valence-electron chi connectivity index (χ3n) is 31.6. The van der Waals surface area contributed by atoms with E-state index in [4.69, 9.17) is 32.8 Å². The van der Waals surface area contributed by atoms with Gasteiger partial charge in [-0.05, 0) is 223 Å². The van der Waals surface area contributed by atoms with Crippen molar-refractivity contribution in [1.29, 1.82) is 0 Å². The number of carbonyl (C=O) groups excluding carboxylic acids is 5. The Morgan fingerprint density at radius 1 is 0.268 bits per heavy atom. The highest BCUT2D eigenvalue weighted by molar-refractivity contribution is 6.62. The van der Waals surface area contributed by atoms with Crippen LogP contribution in [0, 0.1) is 0 Å². The molecule has 22 rings (SSSR count). The van der Waals surface area contributed by atoms with Crippen LogP contribution in [-0.4, -0.2) is 215 Å². The van der Waals surface area contributed by atoms with Crippen LogP contribution in [0.25, 0.3) is 0 Å². The van der Waals surface area contributed by atoms with Crippen LogP contribution in [0.4, 0.5) is 0 Å². The number of benzene rings is 10. The fraction of sp³-hybridized carbons (Fsp3) is 0.435. The first kappa shape index (κ1) is 100. The van der Waals surface area contributed by atoms with Gasteiger partial charge in [-0.2, -0.15) is 0 Å². The molecule has 12 saturated heterocycles. The van der Waals surface area contributed by atoms with Gasteiger partial charge in [0.1, 0.15) is 30.8 Å². The molecule has 12 aliphatic rings. The molecule has 744 valence electrons. The predicted octanol–water partition coefficient (Wildman–Crippen LogP) is 17.7. The second kappa shape index (κ2) is 43.3. The Kier molecular flexibility index (Phi) is 30.6. The number of hydrogen-bond donors (Lipinski definition) is 3. The molecule has 142 heavy (non-hydrogen) atoms. The van der Waals surface area contributed by atoms with Crippen LogP contribution < -0.4 is 25.1 Å². The molecule has 27 heteroatoms. The van der Waals surface area contributed by atoms with Crippen molar-refractivity contribution in [3.8, 4) is 34.5 Å². The molecule has 0 aliphatic carbocycles. The number of phenols is 3. The van der Waals surface area contributed by atoms with Crippen LogP contribution in [0.15, 0.2) is 255 Å². The lowest BCUT2D eigenvalue weighted by atomic mass is 9.78. The molecule has 0 bridgehead atoms. The normalized spacial score (nSPS) is 24.9. The second-order valence-corrected chi connectivity index (χ2v) is 41.7. The van der Waals surface area contributed by atoms with Crippen LogP contribution in [0.5, 0.6) is 34.5 Å². The first-order valence-electron chi connectivity index (χ1n) is 51.1. The SMILES string of the molecule is CC1(C)OB(c2ccc([C@@H]3N(Cc4ccccc4)C(=O)C4CCCCN43)cc2)OC1(C)C.CC1(C)OB(c2ccc([C@H]3N(Cc4ccccc4)C(=O)C4CCCCN43)cc2)OC1(C)C.COc1cc([C@@H]2N(Cc3ccccc3)C(=O)C3CCCCN32)ccc1O.COc1cc([C@H]2N(Cc3ccccc3)C(=O)C3CCCCN32)ccc1O.COc1ccc([C@@H]2N(Cc3ccccc3)C(=O)C3CCCCN32)cc1O. The van der Waals surface area contributed by atoms with Crippen molar-refractivity contribution in [2.45, 2.75) is 268 Å². The maximum atomic E-state index is 13.4. The Bertz CT molecular complexity index is 5690. The van der Waals surface area contributed by atoms with E-state index in [9.17, 15) is 39.3 Å². The Labute approximate surface area is 837 Å². The molecular formula is C115H138B2N10O15. The number of piperidine rings is 5. The minimum Gasteiger partial charge on any atom is -0.504 e. The van der Waals surface area contributed by atoms with Gasteiger partial charge in [0.2, 0.25) is 29.5 Å². The summed E-state index contributed by atoms with van der Waals surface area (Å²) in [6.45, 7) is 24.2. The zero-order chi connectivity index (χ0) is 99.3. The van der Waals surface area contributed by atoms with E-state index < -0.39 is 0 Å². The van der Waals surface area contributed by atoms with Crippen molar-refractivity contribution in [1.82, 2.24) is 49.0 Å². The van der Waals surface area contributed by atoms with Gasteiger partial charge in [-0.15, -0.1) is 0 Å². The second-order valence-electron chi connectivity index (χ2n) is 41.7. The van der Waals surface area contributed by atoms with E-state index >= 15 is 0 Å². The van der Waals surface area contributed by atoms with Gasteiger partial charge < -0.3 is 72.6 Å². The Balaban J connectivity index is 0.000000118. The summed E-state index contributed by atoms with van der Waals surface area (Å²) in [6.07, 6.45) is 15.3. The number of rotatable bonds is 20. The summed E-state index contributed by atoms with van der Waals surface area (Å²) in [4.78, 5) is 87.9. The third kappa shape index (κ3) is 21.0. The summed E-state index contributed by atoms with van der Waals surface area (Å²) >= 11 is 0. The molecule has 12 fully saturated rings. The molecule has 10 aromatic carbocycles. The monoisotopic (exact) mass is 1920 g/mol. The number of phenolic OH excluding ortho intramolecular Hbond substituents is 3. The lowest BCUT2D eigenvalue weighted by Gasteiger charge is -2.34. The Morgan fingerprint density at radius 3 is 0.718 bits per heavy atom. The molecule has 5 unspecified atom stereocenters. The van der Waals surface area contributed by atoms with Crippen molar-refractivity contribution < 1.29 is 72.1 Å². The lowest BCUT2D eigenvalue weighted by molar-refractivity contribution is -0.131. The third-order valence-corrected chi connectivity index (χ3v) is 31.6. The first-order chi connectivity index (χ1) is 68.6. The summed E-state index contributed by atoms with van der Waals surface area (Å²) < 4.78 is 40.6. The van der Waals surface area contributed by atoms with E-state index in [1.165, 1.54) is 18.2 Å². The van der Waals surface area contributed by atoms with Gasteiger partial charge in [0.15, 0.2) is 34.5 Å². The molecule has 0 aromatic heterocycles. The number of amides is 5. The predicted molar refractivity (Wildman–Crippen MR) is 549 cm³/mol. The molecule has 12 heterocycles. The largest absolute Gasteiger partial charge is 0.504 e. The molecular weight excluding hydrogens is 1780 g/mol. The molecule has 10 atom stereocenters. The van der Waals surface area contributed by atoms with Gasteiger partial charge in [-0.25, -0.2) is 0 Å². The average molecular weight is 1920 g/mol. The molecule has 10 aromatic rings. The lowest BCUT2D eigenvalue weighted by Crippen LogP contribution is -2.41. The molecule has 0 saturated carbocycles. The molecule has 12 aliphatic heterocycles. The molecule has 0 radical (unpaired) electrons. The first-order valence-corrected chi connectivity index (χ1v) is 51.1. The maximum absolute atomic E-state index is 13.4. The van der Waals surface area contributed by atoms with E-state index in [-0.39, 0.29) is 144 Å². The summed E-state index contributed by atoms with van der Waals surface area (Å²) in [5, 5.41) is 30.1. The molecule has 3 N–H and O–H groups in total. The van der Waals surface area contributed by atoms with Crippen LogP contribution >= 0.6 is 0 Å². The van der Waals surface area contributed by atoms with E-state index in [0.29, 0.717) is 50.0 Å². The van der Waals surface area contributed by atoms with Gasteiger partial charge >= 0.3 is 14.2 Å². The maximum Gasteiger partial charge on any atom is 0.494 e. The zero-order valence-electron chi connectivity index (χ0n) is 84.1. The minimum atomic E-state index is -0.373. The molecule has 0 spiro atoms. The highest BCUT2D eigenvalue weighted by atomic mass is 16.7. The number of methoxy groups -OCH3 is 3. The summed E-state index contributed by atoms with van der Waals surface area (Å²) in [5.41, 5.74) is 11.5. The van der Waals surface area contributed by atoms with Crippen molar-refractivity contribution in [2.75, 3.05) is 54.1 Å². The fourth-order valence-electron chi connectivity index (χ4n) is 22.8. The van der Waals surface area contributed by atoms with Crippen molar-refractivity contribution in [3.63, 3.8) is 0 Å². The smallest absolute Gasteiger partial charge is 0.494 e. The van der Waals surface area contributed by atoms with E-state index in [2.05, 4.69) is 187 Å². The average Bonchev–Trinajstić information content (AvgIpc) is 1.62. The van der Waals surface area contributed by atoms with Gasteiger partial charge in [-0.1, -0.05) is 250 Å². The highest BCUT2D eigenvalue weighted by Gasteiger charge is 2.57. The number of hydrogen-bond acceptors (Lipinski definition) is 20. The van der Waals surface area contributed by atoms with Crippen LogP contribution in [0.2, 0.25) is 0 Å². The number of carbonyl (C=O) groups is 5. The van der Waals surface area contributed by atoms with Crippen LogP contribution in [0.1, 0.15) is 238 Å². The summed E-state index contributed by atoms with van der Waals surface area (Å²) in [7, 11) is 3.88. The topological polar surface area (TPSA) is 243 Å². The van der Waals surface area contributed by atoms with Gasteiger partial charge in [-0.3, -0.25) is 48.5 Å². The van der Waals surface area contributed by atoms with E-state index in [1.54, 1.807) is 38.5 Å². The van der Waals surface area contributed by atoms with E-state index in [1.807, 2.05) is 148 Å². The number of aromatic hydroxyl groups is 3. The van der Waals surface area contributed by atoms with Crippen molar-refractivity contribution in [2.24, 2.45) is 0 Å². The van der Waals surface area contributed by atoms with Crippen LogP contribution in [-0.2, 0) is 75.3 Å². The summed E-state index contributed by atoms with van der Waals surface area (Å²) in [5.74, 6) is 2.77. The van der Waals surface area contributed by atoms with Gasteiger partial charge in [0.05, 0.1) is 73.9 Å². The van der Waals surface area contributed by atoms with E-state index in [0.717, 1.165) is 184 Å². The Hall–Kier alpha value is -11.9.